The molecule has 0 aliphatic carbocycles. The van der Waals surface area contributed by atoms with Crippen molar-refractivity contribution in [3.05, 3.63) is 65.7 Å². The Morgan fingerprint density at radius 2 is 1.61 bits per heavy atom. The lowest BCUT2D eigenvalue weighted by molar-refractivity contribution is 0.0954. The summed E-state index contributed by atoms with van der Waals surface area (Å²) >= 11 is 0. The minimum atomic E-state index is -0.172. The van der Waals surface area contributed by atoms with Crippen LogP contribution in [0, 0.1) is 0 Å². The lowest BCUT2D eigenvalue weighted by Gasteiger charge is -2.24. The van der Waals surface area contributed by atoms with Crippen LogP contribution in [0.3, 0.4) is 0 Å². The largest absolute Gasteiger partial charge is 0.508 e. The van der Waals surface area contributed by atoms with Crippen molar-refractivity contribution in [2.45, 2.75) is 26.2 Å². The van der Waals surface area contributed by atoms with E-state index in [1.807, 2.05) is 25.1 Å². The average molecular weight is 383 g/mol. The van der Waals surface area contributed by atoms with Gasteiger partial charge in [0.1, 0.15) is 5.75 Å². The monoisotopic (exact) mass is 382 g/mol. The predicted octanol–water partition coefficient (Wildman–Crippen LogP) is 2.65. The van der Waals surface area contributed by atoms with Crippen LogP contribution in [0.2, 0.25) is 0 Å². The topological polar surface area (TPSA) is 85.8 Å². The summed E-state index contributed by atoms with van der Waals surface area (Å²) in [4.78, 5) is 16.8. The summed E-state index contributed by atoms with van der Waals surface area (Å²) < 4.78 is 0. The molecule has 0 heterocycles. The van der Waals surface area contributed by atoms with Crippen molar-refractivity contribution in [3.8, 4) is 5.75 Å². The molecule has 0 aliphatic rings. The summed E-state index contributed by atoms with van der Waals surface area (Å²) in [5.41, 5.74) is 1.69. The summed E-state index contributed by atoms with van der Waals surface area (Å²) in [6.45, 7) is 8.80. The van der Waals surface area contributed by atoms with Gasteiger partial charge in [0.05, 0.1) is 6.54 Å². The number of amides is 1. The first-order valence-corrected chi connectivity index (χ1v) is 9.57. The van der Waals surface area contributed by atoms with E-state index in [1.165, 1.54) is 17.7 Å². The fraction of sp³-hybridized carbons (Fsp3) is 0.364. The van der Waals surface area contributed by atoms with Crippen LogP contribution in [0.4, 0.5) is 0 Å². The second kappa shape index (κ2) is 10.3. The van der Waals surface area contributed by atoms with Gasteiger partial charge in [-0.25, -0.2) is 0 Å². The number of nitrogens with one attached hydrogen (secondary N) is 3. The number of aromatic hydroxyl groups is 1. The molecule has 6 nitrogen and oxygen atoms in total. The Hall–Kier alpha value is -3.02. The van der Waals surface area contributed by atoms with Gasteiger partial charge in [0.25, 0.3) is 5.91 Å². The highest BCUT2D eigenvalue weighted by molar-refractivity contribution is 5.94. The molecule has 0 aromatic heterocycles. The first-order valence-electron chi connectivity index (χ1n) is 9.57. The van der Waals surface area contributed by atoms with Crippen LogP contribution in [-0.2, 0) is 5.41 Å². The third-order valence-corrected chi connectivity index (χ3v) is 4.36. The number of carbonyl (C=O) groups excluding carboxylic acids is 1. The third kappa shape index (κ3) is 6.61. The lowest BCUT2D eigenvalue weighted by atomic mass is 9.85. The zero-order valence-corrected chi connectivity index (χ0v) is 16.8. The van der Waals surface area contributed by atoms with Crippen LogP contribution in [0.5, 0.6) is 5.75 Å². The van der Waals surface area contributed by atoms with Gasteiger partial charge in [-0.05, 0) is 36.8 Å². The molecule has 0 bridgehead atoms. The van der Waals surface area contributed by atoms with Crippen molar-refractivity contribution in [1.29, 1.82) is 0 Å². The maximum atomic E-state index is 12.1. The van der Waals surface area contributed by atoms with Crippen molar-refractivity contribution >= 4 is 11.9 Å². The highest BCUT2D eigenvalue weighted by Gasteiger charge is 2.20. The predicted molar refractivity (Wildman–Crippen MR) is 114 cm³/mol. The Kier molecular flexibility index (Phi) is 7.87. The van der Waals surface area contributed by atoms with Gasteiger partial charge in [-0.3, -0.25) is 9.79 Å². The second-order valence-electron chi connectivity index (χ2n) is 7.17. The van der Waals surface area contributed by atoms with E-state index in [0.29, 0.717) is 25.2 Å². The van der Waals surface area contributed by atoms with Crippen LogP contribution in [0.1, 0.15) is 36.7 Å². The van der Waals surface area contributed by atoms with Gasteiger partial charge in [0, 0.05) is 30.6 Å². The molecular weight excluding hydrogens is 352 g/mol. The van der Waals surface area contributed by atoms with E-state index >= 15 is 0 Å². The van der Waals surface area contributed by atoms with E-state index in [-0.39, 0.29) is 17.1 Å². The van der Waals surface area contributed by atoms with Crippen LogP contribution >= 0.6 is 0 Å². The normalized spacial score (nSPS) is 11.8. The zero-order chi connectivity index (χ0) is 20.4. The van der Waals surface area contributed by atoms with Crippen molar-refractivity contribution in [1.82, 2.24) is 16.0 Å². The van der Waals surface area contributed by atoms with Crippen molar-refractivity contribution in [3.63, 3.8) is 0 Å². The van der Waals surface area contributed by atoms with Gasteiger partial charge in [-0.15, -0.1) is 0 Å². The number of nitrogens with zero attached hydrogens (tertiary/aromatic N) is 1. The molecule has 1 amide bonds. The fourth-order valence-electron chi connectivity index (χ4n) is 2.67. The standard InChI is InChI=1S/C22H30N4O2/c1-4-23-21(26-16-22(2,3)18-8-6-5-7-9-18)25-15-14-24-20(28)17-10-12-19(27)13-11-17/h5-13,27H,4,14-16H2,1-3H3,(H,24,28)(H2,23,25,26). The van der Waals surface area contributed by atoms with E-state index < -0.39 is 0 Å². The van der Waals surface area contributed by atoms with Gasteiger partial charge in [0.15, 0.2) is 5.96 Å². The average Bonchev–Trinajstić information content (AvgIpc) is 2.70. The van der Waals surface area contributed by atoms with E-state index in [1.54, 1.807) is 12.1 Å². The molecule has 0 spiro atoms. The van der Waals surface area contributed by atoms with Crippen molar-refractivity contribution in [2.24, 2.45) is 4.99 Å². The number of phenols is 1. The number of benzene rings is 2. The molecule has 2 aromatic rings. The van der Waals surface area contributed by atoms with Crippen molar-refractivity contribution < 1.29 is 9.90 Å². The molecule has 6 heteroatoms. The van der Waals surface area contributed by atoms with E-state index in [9.17, 15) is 9.90 Å². The number of rotatable bonds is 8. The Morgan fingerprint density at radius 3 is 2.25 bits per heavy atom. The minimum absolute atomic E-state index is 0.0727. The summed E-state index contributed by atoms with van der Waals surface area (Å²) in [6.07, 6.45) is 0. The molecule has 0 saturated carbocycles. The zero-order valence-electron chi connectivity index (χ0n) is 16.8. The molecule has 2 rings (SSSR count). The number of phenolic OH excluding ortho intramolecular Hbond substituents is 1. The SMILES string of the molecule is CCNC(=NCC(C)(C)c1ccccc1)NCCNC(=O)c1ccc(O)cc1. The number of guanidine groups is 1. The number of hydrogen-bond acceptors (Lipinski definition) is 3. The van der Waals surface area contributed by atoms with Crippen LogP contribution in [0.25, 0.3) is 0 Å². The minimum Gasteiger partial charge on any atom is -0.508 e. The molecule has 4 N–H and O–H groups in total. The van der Waals surface area contributed by atoms with Gasteiger partial charge >= 0.3 is 0 Å². The first kappa shape index (κ1) is 21.3. The molecule has 0 radical (unpaired) electrons. The molecule has 0 atom stereocenters. The Morgan fingerprint density at radius 1 is 0.964 bits per heavy atom. The van der Waals surface area contributed by atoms with Gasteiger partial charge in [-0.1, -0.05) is 44.2 Å². The molecule has 150 valence electrons. The number of aliphatic imine (C=N–C) groups is 1. The molecule has 0 saturated heterocycles. The Balaban J connectivity index is 1.84. The molecule has 0 unspecified atom stereocenters. The lowest BCUT2D eigenvalue weighted by Crippen LogP contribution is -2.42. The molecule has 0 aliphatic heterocycles. The van der Waals surface area contributed by atoms with Gasteiger partial charge in [-0.2, -0.15) is 0 Å². The fourth-order valence-corrected chi connectivity index (χ4v) is 2.67. The quantitative estimate of drug-likeness (QED) is 0.321. The van der Waals surface area contributed by atoms with Gasteiger partial charge in [0.2, 0.25) is 0 Å². The van der Waals surface area contributed by atoms with Gasteiger partial charge < -0.3 is 21.1 Å². The van der Waals surface area contributed by atoms with E-state index in [4.69, 9.17) is 4.99 Å². The maximum Gasteiger partial charge on any atom is 0.251 e. The van der Waals surface area contributed by atoms with Crippen LogP contribution < -0.4 is 16.0 Å². The molecule has 2 aromatic carbocycles. The van der Waals surface area contributed by atoms with Crippen molar-refractivity contribution in [2.75, 3.05) is 26.2 Å². The smallest absolute Gasteiger partial charge is 0.251 e. The summed E-state index contributed by atoms with van der Waals surface area (Å²) in [7, 11) is 0. The highest BCUT2D eigenvalue weighted by Crippen LogP contribution is 2.22. The number of carbonyl (C=O) groups is 1. The first-order chi connectivity index (χ1) is 13.4. The molecule has 0 fully saturated rings. The summed E-state index contributed by atoms with van der Waals surface area (Å²) in [6, 6.07) is 16.5. The van der Waals surface area contributed by atoms with E-state index in [0.717, 1.165) is 12.5 Å². The Bertz CT molecular complexity index is 771. The Labute approximate surface area is 167 Å². The third-order valence-electron chi connectivity index (χ3n) is 4.36. The molecule has 28 heavy (non-hydrogen) atoms. The molecular formula is C22H30N4O2. The highest BCUT2D eigenvalue weighted by atomic mass is 16.3. The summed E-state index contributed by atoms with van der Waals surface area (Å²) in [5, 5.41) is 18.6. The second-order valence-corrected chi connectivity index (χ2v) is 7.17. The van der Waals surface area contributed by atoms with Crippen LogP contribution in [-0.4, -0.2) is 43.2 Å². The maximum absolute atomic E-state index is 12.1. The number of hydrogen-bond donors (Lipinski definition) is 4. The summed E-state index contributed by atoms with van der Waals surface area (Å²) in [5.74, 6) is 0.697. The van der Waals surface area contributed by atoms with Crippen LogP contribution in [0.15, 0.2) is 59.6 Å². The van der Waals surface area contributed by atoms with E-state index in [2.05, 4.69) is 41.9 Å².